The van der Waals surface area contributed by atoms with Gasteiger partial charge >= 0.3 is 0 Å². The molecule has 1 heterocycles. The first-order valence-corrected chi connectivity index (χ1v) is 9.81. The first-order valence-electron chi connectivity index (χ1n) is 8.83. The molecule has 3 unspecified atom stereocenters. The fourth-order valence-electron chi connectivity index (χ4n) is 3.23. The minimum Gasteiger partial charge on any atom is -0.350 e. The van der Waals surface area contributed by atoms with E-state index in [1.807, 2.05) is 11.8 Å². The Labute approximate surface area is 157 Å². The van der Waals surface area contributed by atoms with Gasteiger partial charge in [0.25, 0.3) is 0 Å². The van der Waals surface area contributed by atoms with Gasteiger partial charge in [-0.15, -0.1) is 24.2 Å². The normalized spacial score (nSPS) is 19.9. The van der Waals surface area contributed by atoms with Crippen LogP contribution in [0.5, 0.6) is 0 Å². The van der Waals surface area contributed by atoms with E-state index in [0.717, 1.165) is 18.8 Å². The van der Waals surface area contributed by atoms with Crippen LogP contribution in [0, 0.1) is 11.8 Å². The second kappa shape index (κ2) is 11.0. The summed E-state index contributed by atoms with van der Waals surface area (Å²) in [6, 6.07) is 8.60. The van der Waals surface area contributed by atoms with E-state index < -0.39 is 0 Å². The van der Waals surface area contributed by atoms with Gasteiger partial charge in [0.1, 0.15) is 0 Å². The highest BCUT2D eigenvalue weighted by molar-refractivity contribution is 7.99. The molecule has 1 aliphatic rings. The van der Waals surface area contributed by atoms with Crippen LogP contribution in [0.4, 0.5) is 0 Å². The van der Waals surface area contributed by atoms with E-state index in [4.69, 9.17) is 0 Å². The number of amides is 1. The smallest absolute Gasteiger partial charge is 0.220 e. The Morgan fingerprint density at radius 3 is 2.62 bits per heavy atom. The molecule has 1 amide bonds. The first-order chi connectivity index (χ1) is 11.1. The fourth-order valence-corrected chi connectivity index (χ4v) is 3.89. The van der Waals surface area contributed by atoms with Crippen molar-refractivity contribution >= 4 is 30.1 Å². The van der Waals surface area contributed by atoms with Crippen LogP contribution in [-0.4, -0.2) is 24.7 Å². The number of hydrogen-bond donors (Lipinski definition) is 2. The van der Waals surface area contributed by atoms with Gasteiger partial charge in [0.2, 0.25) is 5.91 Å². The molecular weight excluding hydrogens is 340 g/mol. The lowest BCUT2D eigenvalue weighted by Crippen LogP contribution is -2.36. The van der Waals surface area contributed by atoms with Gasteiger partial charge in [-0.3, -0.25) is 4.79 Å². The number of hydrogen-bond acceptors (Lipinski definition) is 3. The minimum atomic E-state index is 0. The molecule has 0 bridgehead atoms. The molecule has 1 saturated heterocycles. The molecule has 0 radical (unpaired) electrons. The largest absolute Gasteiger partial charge is 0.350 e. The summed E-state index contributed by atoms with van der Waals surface area (Å²) < 4.78 is 0. The molecular formula is C19H31ClN2OS. The average Bonchev–Trinajstić information content (AvgIpc) is 2.56. The monoisotopic (exact) mass is 370 g/mol. The van der Waals surface area contributed by atoms with E-state index in [9.17, 15) is 4.79 Å². The summed E-state index contributed by atoms with van der Waals surface area (Å²) in [5.41, 5.74) is 1.17. The summed E-state index contributed by atoms with van der Waals surface area (Å²) in [7, 11) is 0. The summed E-state index contributed by atoms with van der Waals surface area (Å²) >= 11 is 1.84. The maximum absolute atomic E-state index is 12.3. The highest BCUT2D eigenvalue weighted by Gasteiger charge is 2.22. The highest BCUT2D eigenvalue weighted by atomic mass is 35.5. The maximum Gasteiger partial charge on any atom is 0.220 e. The first kappa shape index (κ1) is 21.3. The van der Waals surface area contributed by atoms with Crippen molar-refractivity contribution in [2.45, 2.75) is 51.0 Å². The Morgan fingerprint density at radius 1 is 1.33 bits per heavy atom. The number of thioether (sulfide) groups is 1. The standard InChI is InChI=1S/C19H30N2OS.ClH/c1-4-23-18-9-7-16(8-10-18)15(3)21-19(22)12-14(2)17-6-5-11-20-13-17;/h7-10,14-15,17,20H,4-6,11-13H2,1-3H3,(H,21,22);1H. The highest BCUT2D eigenvalue weighted by Crippen LogP contribution is 2.24. The molecule has 0 aromatic heterocycles. The van der Waals surface area contributed by atoms with Crippen molar-refractivity contribution < 1.29 is 4.79 Å². The summed E-state index contributed by atoms with van der Waals surface area (Å²) in [5, 5.41) is 6.59. The van der Waals surface area contributed by atoms with Crippen LogP contribution in [0.15, 0.2) is 29.2 Å². The van der Waals surface area contributed by atoms with Crippen LogP contribution in [0.1, 0.15) is 51.6 Å². The van der Waals surface area contributed by atoms with E-state index in [1.165, 1.54) is 23.3 Å². The van der Waals surface area contributed by atoms with Crippen LogP contribution < -0.4 is 10.6 Å². The zero-order valence-electron chi connectivity index (χ0n) is 15.0. The number of rotatable bonds is 7. The summed E-state index contributed by atoms with van der Waals surface area (Å²) in [4.78, 5) is 13.6. The predicted molar refractivity (Wildman–Crippen MR) is 106 cm³/mol. The lowest BCUT2D eigenvalue weighted by molar-refractivity contribution is -0.123. The molecule has 2 rings (SSSR count). The summed E-state index contributed by atoms with van der Waals surface area (Å²) in [5.74, 6) is 2.33. The van der Waals surface area contributed by atoms with Gasteiger partial charge < -0.3 is 10.6 Å². The quantitative estimate of drug-likeness (QED) is 0.698. The molecule has 0 aliphatic carbocycles. The molecule has 0 saturated carbocycles. The van der Waals surface area contributed by atoms with Crippen molar-refractivity contribution in [3.63, 3.8) is 0 Å². The van der Waals surface area contributed by atoms with Crippen LogP contribution in [-0.2, 0) is 4.79 Å². The molecule has 0 spiro atoms. The van der Waals surface area contributed by atoms with Gasteiger partial charge in [0.05, 0.1) is 6.04 Å². The third kappa shape index (κ3) is 6.66. The molecule has 1 aromatic carbocycles. The van der Waals surface area contributed by atoms with E-state index in [-0.39, 0.29) is 24.4 Å². The van der Waals surface area contributed by atoms with Crippen molar-refractivity contribution in [2.75, 3.05) is 18.8 Å². The molecule has 3 nitrogen and oxygen atoms in total. The molecule has 1 fully saturated rings. The Hall–Kier alpha value is -0.710. The van der Waals surface area contributed by atoms with Crippen molar-refractivity contribution in [3.8, 4) is 0 Å². The molecule has 5 heteroatoms. The van der Waals surface area contributed by atoms with Gasteiger partial charge in [-0.05, 0) is 68.1 Å². The number of piperidine rings is 1. The zero-order chi connectivity index (χ0) is 16.7. The Bertz CT molecular complexity index is 489. The van der Waals surface area contributed by atoms with Crippen molar-refractivity contribution in [3.05, 3.63) is 29.8 Å². The molecule has 1 aromatic rings. The third-order valence-corrected chi connectivity index (χ3v) is 5.61. The van der Waals surface area contributed by atoms with Gasteiger partial charge in [-0.25, -0.2) is 0 Å². The zero-order valence-corrected chi connectivity index (χ0v) is 16.6. The summed E-state index contributed by atoms with van der Waals surface area (Å²) in [6.45, 7) is 8.61. The Morgan fingerprint density at radius 2 is 2.04 bits per heavy atom. The van der Waals surface area contributed by atoms with E-state index >= 15 is 0 Å². The Balaban J connectivity index is 0.00000288. The molecule has 1 aliphatic heterocycles. The summed E-state index contributed by atoms with van der Waals surface area (Å²) in [6.07, 6.45) is 3.10. The lowest BCUT2D eigenvalue weighted by atomic mass is 9.85. The molecule has 136 valence electrons. The Kier molecular flexibility index (Phi) is 9.79. The fraction of sp³-hybridized carbons (Fsp3) is 0.632. The number of halogens is 1. The molecule has 3 atom stereocenters. The van der Waals surface area contributed by atoms with Crippen LogP contribution in [0.2, 0.25) is 0 Å². The number of carbonyl (C=O) groups excluding carboxylic acids is 1. The second-order valence-electron chi connectivity index (χ2n) is 6.58. The lowest BCUT2D eigenvalue weighted by Gasteiger charge is -2.28. The maximum atomic E-state index is 12.3. The third-order valence-electron chi connectivity index (χ3n) is 4.72. The van der Waals surface area contributed by atoms with E-state index in [1.54, 1.807) is 0 Å². The van der Waals surface area contributed by atoms with Crippen molar-refractivity contribution in [2.24, 2.45) is 11.8 Å². The van der Waals surface area contributed by atoms with Gasteiger partial charge in [0, 0.05) is 11.3 Å². The van der Waals surface area contributed by atoms with Gasteiger partial charge in [-0.2, -0.15) is 0 Å². The SMILES string of the molecule is CCSc1ccc(C(C)NC(=O)CC(C)C2CCCNC2)cc1.Cl. The van der Waals surface area contributed by atoms with E-state index in [2.05, 4.69) is 55.7 Å². The number of carbonyl (C=O) groups is 1. The van der Waals surface area contributed by atoms with Crippen LogP contribution in [0.3, 0.4) is 0 Å². The minimum absolute atomic E-state index is 0. The number of nitrogens with one attached hydrogen (secondary N) is 2. The van der Waals surface area contributed by atoms with Crippen molar-refractivity contribution in [1.82, 2.24) is 10.6 Å². The van der Waals surface area contributed by atoms with E-state index in [0.29, 0.717) is 18.3 Å². The number of benzene rings is 1. The van der Waals surface area contributed by atoms with Gasteiger partial charge in [0.15, 0.2) is 0 Å². The predicted octanol–water partition coefficient (Wildman–Crippen LogP) is 4.42. The molecule has 24 heavy (non-hydrogen) atoms. The average molecular weight is 371 g/mol. The molecule has 2 N–H and O–H groups in total. The second-order valence-corrected chi connectivity index (χ2v) is 7.92. The van der Waals surface area contributed by atoms with Crippen molar-refractivity contribution in [1.29, 1.82) is 0 Å². The topological polar surface area (TPSA) is 41.1 Å². The van der Waals surface area contributed by atoms with Crippen LogP contribution >= 0.6 is 24.2 Å². The van der Waals surface area contributed by atoms with Gasteiger partial charge in [-0.1, -0.05) is 26.0 Å². The van der Waals surface area contributed by atoms with Crippen LogP contribution in [0.25, 0.3) is 0 Å².